The number of nitrogens with two attached hydrogens (primary N) is 1. The molecule has 0 aliphatic rings. The number of aryl methyl sites for hydroxylation is 9. The fourth-order valence-corrected chi connectivity index (χ4v) is 9.07. The van der Waals surface area contributed by atoms with Crippen molar-refractivity contribution in [3.05, 3.63) is 160 Å². The summed E-state index contributed by atoms with van der Waals surface area (Å²) in [5.74, 6) is 6.05. The Kier molecular flexibility index (Phi) is 13.0. The summed E-state index contributed by atoms with van der Waals surface area (Å²) in [5.41, 5.74) is 12.3. The molecule has 10 aromatic rings. The Hall–Kier alpha value is -8.09. The first-order valence-electron chi connectivity index (χ1n) is 21.6. The second-order valence-corrected chi connectivity index (χ2v) is 17.8. The highest BCUT2D eigenvalue weighted by atomic mass is 32.2. The maximum absolute atomic E-state index is 11.5. The van der Waals surface area contributed by atoms with Crippen LogP contribution in [0.15, 0.2) is 109 Å². The van der Waals surface area contributed by atoms with Gasteiger partial charge in [0.1, 0.15) is 0 Å². The number of nitrogen functional groups attached to an aromatic ring is 1. The van der Waals surface area contributed by atoms with Gasteiger partial charge in [0.05, 0.1) is 44.8 Å². The van der Waals surface area contributed by atoms with Crippen molar-refractivity contribution in [2.24, 2.45) is 0 Å². The molecule has 5 N–H and O–H groups in total. The van der Waals surface area contributed by atoms with Gasteiger partial charge < -0.3 is 10.9 Å². The third-order valence-electron chi connectivity index (χ3n) is 11.5. The standard InChI is InChI=1S/C21H18N6.C16H16N4O3S.C13H14N2O2/c1-13-12-23-14(2)16-7-5-15(24-20(13)16)6-8-19-25-21-17-4-3-10-22-18(17)9-11-27(21)26-19;1-9-6-11(7-10(2)15(9)24(21,22)23)14-8-13-12(4-3-5-19-13)16(17)20(14)18;1-8-7-14-9(2)13-11(8)5-3-10(15-13)4-6-12(16)17/h3-5,7,9-12H,6,8H2,1-2H3;3-8,17H,18H2,1-2H3,(H,21,22,23);3,5,7H,4,6H2,1-2H3,(H,16,17). The molecule has 0 aliphatic heterocycles. The average Bonchev–Trinajstić information content (AvgIpc) is 3.75. The van der Waals surface area contributed by atoms with Crippen molar-refractivity contribution in [3.63, 3.8) is 0 Å². The molecule has 0 radical (unpaired) electrons. The Bertz CT molecular complexity index is 3760. The van der Waals surface area contributed by atoms with E-state index < -0.39 is 16.1 Å². The normalized spacial score (nSPS) is 11.5. The monoisotopic (exact) mass is 928 g/mol. The van der Waals surface area contributed by atoms with Gasteiger partial charge in [-0.2, -0.15) is 13.5 Å². The van der Waals surface area contributed by atoms with Gasteiger partial charge >= 0.3 is 5.97 Å². The molecule has 344 valence electrons. The number of aliphatic carboxylic acids is 1. The largest absolute Gasteiger partial charge is 0.481 e. The fourth-order valence-electron chi connectivity index (χ4n) is 8.14. The molecular weight excluding hydrogens is 881 g/mol. The summed E-state index contributed by atoms with van der Waals surface area (Å²) >= 11 is 0. The molecule has 0 unspecified atom stereocenters. The van der Waals surface area contributed by atoms with Gasteiger partial charge in [0.15, 0.2) is 17.0 Å². The van der Waals surface area contributed by atoms with E-state index in [1.165, 1.54) is 4.68 Å². The minimum atomic E-state index is -4.30. The van der Waals surface area contributed by atoms with Crippen LogP contribution in [0.3, 0.4) is 0 Å². The number of pyridine rings is 8. The third kappa shape index (κ3) is 9.72. The maximum atomic E-state index is 11.5. The van der Waals surface area contributed by atoms with E-state index in [4.69, 9.17) is 26.3 Å². The van der Waals surface area contributed by atoms with E-state index in [2.05, 4.69) is 42.2 Å². The minimum absolute atomic E-state index is 0.102. The van der Waals surface area contributed by atoms with Gasteiger partial charge in [0.25, 0.3) is 10.1 Å². The van der Waals surface area contributed by atoms with Crippen molar-refractivity contribution in [3.8, 4) is 11.3 Å². The lowest BCUT2D eigenvalue weighted by Gasteiger charge is -2.14. The maximum Gasteiger partial charge on any atom is 0.303 e. The zero-order chi connectivity index (χ0) is 48.4. The molecule has 18 heteroatoms. The van der Waals surface area contributed by atoms with Gasteiger partial charge in [0.2, 0.25) is 0 Å². The first kappa shape index (κ1) is 46.4. The van der Waals surface area contributed by atoms with E-state index >= 15 is 0 Å². The molecule has 9 heterocycles. The molecule has 0 atom stereocenters. The number of carboxylic acids is 1. The molecular formula is C50H48N12O5S. The number of rotatable bonds is 8. The predicted molar refractivity (Wildman–Crippen MR) is 260 cm³/mol. The molecule has 9 aromatic heterocycles. The zero-order valence-electron chi connectivity index (χ0n) is 38.2. The lowest BCUT2D eigenvalue weighted by atomic mass is 10.0. The summed E-state index contributed by atoms with van der Waals surface area (Å²) in [5, 5.41) is 25.3. The fraction of sp³-hybridized carbons (Fsp3) is 0.200. The lowest BCUT2D eigenvalue weighted by molar-refractivity contribution is -0.137. The number of nitrogens with one attached hydrogen (secondary N) is 1. The van der Waals surface area contributed by atoms with Crippen LogP contribution < -0.4 is 11.3 Å². The highest BCUT2D eigenvalue weighted by molar-refractivity contribution is 7.86. The van der Waals surface area contributed by atoms with Crippen LogP contribution in [0.5, 0.6) is 0 Å². The van der Waals surface area contributed by atoms with Crippen LogP contribution in [-0.2, 0) is 34.2 Å². The number of hydrogen-bond acceptors (Lipinski definition) is 13. The highest BCUT2D eigenvalue weighted by Gasteiger charge is 2.19. The van der Waals surface area contributed by atoms with Gasteiger partial charge in [-0.1, -0.05) is 6.07 Å². The molecule has 0 saturated heterocycles. The number of carbonyl (C=O) groups is 1. The van der Waals surface area contributed by atoms with Crippen LogP contribution in [0.25, 0.3) is 60.5 Å². The summed E-state index contributed by atoms with van der Waals surface area (Å²) in [4.78, 5) is 41.8. The Labute approximate surface area is 390 Å². The van der Waals surface area contributed by atoms with Gasteiger partial charge in [-0.15, -0.1) is 0 Å². The SMILES string of the molecule is Cc1cc(-c2cc3ncccc3c(=N)n2N)cc(C)c1S(=O)(=O)O.Cc1cnc(C)c2nc(CCC(=O)O)ccc12.Cc1ncc(C)c2nc(CCc3nc4c5cccnc5ccn4n3)ccc12. The quantitative estimate of drug-likeness (QED) is 0.0844. The van der Waals surface area contributed by atoms with Crippen LogP contribution in [0.4, 0.5) is 0 Å². The molecule has 10 rings (SSSR count). The van der Waals surface area contributed by atoms with Crippen LogP contribution in [0.2, 0.25) is 0 Å². The molecule has 0 aliphatic carbocycles. The Morgan fingerprint density at radius 2 is 1.31 bits per heavy atom. The van der Waals surface area contributed by atoms with E-state index in [1.54, 1.807) is 56.6 Å². The molecule has 0 saturated carbocycles. The minimum Gasteiger partial charge on any atom is -0.481 e. The van der Waals surface area contributed by atoms with E-state index in [1.807, 2.05) is 81.1 Å². The van der Waals surface area contributed by atoms with Crippen LogP contribution >= 0.6 is 0 Å². The van der Waals surface area contributed by atoms with Gasteiger partial charge in [0, 0.05) is 88.0 Å². The second kappa shape index (κ2) is 19.0. The summed E-state index contributed by atoms with van der Waals surface area (Å²) in [6.45, 7) is 11.2. The number of aromatic nitrogens is 10. The Morgan fingerprint density at radius 3 is 2.01 bits per heavy atom. The van der Waals surface area contributed by atoms with Crippen LogP contribution in [-0.4, -0.2) is 73.2 Å². The average molecular weight is 929 g/mol. The smallest absolute Gasteiger partial charge is 0.303 e. The van der Waals surface area contributed by atoms with E-state index in [-0.39, 0.29) is 16.8 Å². The van der Waals surface area contributed by atoms with Crippen molar-refractivity contribution in [2.45, 2.75) is 72.1 Å². The molecule has 17 nitrogen and oxygen atoms in total. The first-order valence-corrected chi connectivity index (χ1v) is 23.0. The molecule has 0 bridgehead atoms. The molecule has 68 heavy (non-hydrogen) atoms. The summed E-state index contributed by atoms with van der Waals surface area (Å²) < 4.78 is 35.4. The lowest BCUT2D eigenvalue weighted by Crippen LogP contribution is -2.29. The van der Waals surface area contributed by atoms with Crippen molar-refractivity contribution in [2.75, 3.05) is 5.84 Å². The number of fused-ring (bicyclic) bond motifs is 6. The predicted octanol–water partition coefficient (Wildman–Crippen LogP) is 7.65. The summed E-state index contributed by atoms with van der Waals surface area (Å²) in [7, 11) is -4.30. The number of nitrogens with zero attached hydrogens (tertiary/aromatic N) is 10. The second-order valence-electron chi connectivity index (χ2n) is 16.5. The summed E-state index contributed by atoms with van der Waals surface area (Å²) in [6.07, 6.45) is 11.2. The zero-order valence-corrected chi connectivity index (χ0v) is 39.0. The molecule has 0 amide bonds. The van der Waals surface area contributed by atoms with Gasteiger partial charge in [-0.25, -0.2) is 14.2 Å². The van der Waals surface area contributed by atoms with Crippen LogP contribution in [0, 0.1) is 47.0 Å². The molecule has 0 spiro atoms. The number of hydrogen-bond donors (Lipinski definition) is 4. The number of carboxylic acid groups (broad SMARTS) is 1. The number of benzene rings is 1. The van der Waals surface area contributed by atoms with Crippen molar-refractivity contribution < 1.29 is 22.9 Å². The Balaban J connectivity index is 0.000000142. The first-order chi connectivity index (χ1) is 32.5. The Morgan fingerprint density at radius 1 is 0.676 bits per heavy atom. The topological polar surface area (TPSA) is 254 Å². The van der Waals surface area contributed by atoms with E-state index in [0.29, 0.717) is 39.7 Å². The van der Waals surface area contributed by atoms with Crippen molar-refractivity contribution in [1.29, 1.82) is 5.41 Å². The summed E-state index contributed by atoms with van der Waals surface area (Å²) in [6, 6.07) is 22.4. The molecule has 0 fully saturated rings. The van der Waals surface area contributed by atoms with E-state index in [0.717, 1.165) is 90.9 Å². The third-order valence-corrected chi connectivity index (χ3v) is 12.7. The van der Waals surface area contributed by atoms with Crippen molar-refractivity contribution >= 4 is 65.3 Å². The van der Waals surface area contributed by atoms with Gasteiger partial charge in [-0.3, -0.25) is 44.7 Å². The van der Waals surface area contributed by atoms with E-state index in [9.17, 15) is 17.8 Å². The van der Waals surface area contributed by atoms with Gasteiger partial charge in [-0.05, 0) is 137 Å². The molecule has 1 aromatic carbocycles. The van der Waals surface area contributed by atoms with Crippen LogP contribution in [0.1, 0.15) is 57.3 Å². The highest BCUT2D eigenvalue weighted by Crippen LogP contribution is 2.28. The van der Waals surface area contributed by atoms with Crippen molar-refractivity contribution in [1.82, 2.24) is 49.2 Å².